The predicted octanol–water partition coefficient (Wildman–Crippen LogP) is 1.01. The van der Waals surface area contributed by atoms with E-state index in [-0.39, 0.29) is 25.1 Å². The van der Waals surface area contributed by atoms with E-state index in [4.69, 9.17) is 9.47 Å². The number of carbonyl (C=O) groups excluding carboxylic acids is 2. The number of aromatic amines is 1. The summed E-state index contributed by atoms with van der Waals surface area (Å²) in [6.07, 6.45) is 2.16. The van der Waals surface area contributed by atoms with E-state index in [1.54, 1.807) is 6.20 Å². The quantitative estimate of drug-likeness (QED) is 0.601. The number of carbonyl (C=O) groups is 2. The topological polar surface area (TPSA) is 115 Å². The summed E-state index contributed by atoms with van der Waals surface area (Å²) in [6.45, 7) is 1.86. The van der Waals surface area contributed by atoms with Gasteiger partial charge in [0.2, 0.25) is 12.2 Å². The summed E-state index contributed by atoms with van der Waals surface area (Å²) in [6, 6.07) is 8.81. The molecule has 0 aliphatic carbocycles. The maximum atomic E-state index is 12.5. The van der Waals surface area contributed by atoms with Gasteiger partial charge < -0.3 is 19.8 Å². The zero-order valence-corrected chi connectivity index (χ0v) is 15.8. The Kier molecular flexibility index (Phi) is 5.13. The average molecular weight is 396 g/mol. The van der Waals surface area contributed by atoms with Crippen LogP contribution in [0.1, 0.15) is 17.5 Å². The molecule has 0 spiro atoms. The molecule has 2 atom stereocenters. The Labute approximate surface area is 165 Å². The maximum Gasteiger partial charge on any atom is 0.310 e. The lowest BCUT2D eigenvalue weighted by Crippen LogP contribution is -2.44. The lowest BCUT2D eigenvalue weighted by atomic mass is 10.2. The largest absolute Gasteiger partial charge is 0.433 e. The van der Waals surface area contributed by atoms with E-state index >= 15 is 0 Å². The highest BCUT2D eigenvalue weighted by Gasteiger charge is 2.36. The van der Waals surface area contributed by atoms with Crippen LogP contribution >= 0.6 is 0 Å². The molecular weight excluding hydrogens is 376 g/mol. The highest BCUT2D eigenvalue weighted by Crippen LogP contribution is 2.18. The number of hydrogen-bond donors (Lipinski definition) is 2. The summed E-state index contributed by atoms with van der Waals surface area (Å²) in [5.74, 6) is -0.886. The first-order chi connectivity index (χ1) is 14.0. The zero-order valence-electron chi connectivity index (χ0n) is 15.8. The van der Waals surface area contributed by atoms with Gasteiger partial charge in [0, 0.05) is 6.20 Å². The number of esters is 1. The van der Waals surface area contributed by atoms with Gasteiger partial charge >= 0.3 is 5.97 Å². The van der Waals surface area contributed by atoms with Crippen molar-refractivity contribution in [3.05, 3.63) is 64.3 Å². The number of benzene rings is 1. The monoisotopic (exact) mass is 396 g/mol. The first-order valence-corrected chi connectivity index (χ1v) is 9.19. The van der Waals surface area contributed by atoms with Crippen molar-refractivity contribution in [1.29, 1.82) is 0 Å². The molecule has 9 nitrogen and oxygen atoms in total. The zero-order chi connectivity index (χ0) is 20.4. The number of hydrogen-bond acceptors (Lipinski definition) is 6. The van der Waals surface area contributed by atoms with Crippen LogP contribution < -0.4 is 10.9 Å². The van der Waals surface area contributed by atoms with Gasteiger partial charge in [-0.05, 0) is 18.1 Å². The molecule has 9 heteroatoms. The second-order valence-electron chi connectivity index (χ2n) is 6.91. The van der Waals surface area contributed by atoms with E-state index in [0.29, 0.717) is 11.0 Å². The van der Waals surface area contributed by atoms with E-state index < -0.39 is 24.2 Å². The van der Waals surface area contributed by atoms with Gasteiger partial charge in [0.25, 0.3) is 5.56 Å². The summed E-state index contributed by atoms with van der Waals surface area (Å²) in [4.78, 5) is 43.8. The minimum Gasteiger partial charge on any atom is -0.433 e. The van der Waals surface area contributed by atoms with Gasteiger partial charge in [-0.1, -0.05) is 30.3 Å². The maximum absolute atomic E-state index is 12.5. The Morgan fingerprint density at radius 1 is 1.34 bits per heavy atom. The fourth-order valence-corrected chi connectivity index (χ4v) is 3.24. The summed E-state index contributed by atoms with van der Waals surface area (Å²) in [5, 5.41) is 2.72. The van der Waals surface area contributed by atoms with Crippen molar-refractivity contribution in [2.75, 3.05) is 0 Å². The van der Waals surface area contributed by atoms with E-state index in [9.17, 15) is 14.4 Å². The summed E-state index contributed by atoms with van der Waals surface area (Å²) >= 11 is 0. The molecule has 0 saturated carbocycles. The van der Waals surface area contributed by atoms with Crippen LogP contribution in [0.5, 0.6) is 0 Å². The molecule has 1 aliphatic heterocycles. The number of ether oxygens (including phenoxy) is 2. The van der Waals surface area contributed by atoms with Gasteiger partial charge in [-0.15, -0.1) is 0 Å². The van der Waals surface area contributed by atoms with Crippen LogP contribution in [0.15, 0.2) is 47.7 Å². The van der Waals surface area contributed by atoms with Crippen LogP contribution in [-0.2, 0) is 32.2 Å². The fourth-order valence-electron chi connectivity index (χ4n) is 3.24. The molecular formula is C20H20N4O5. The molecule has 29 heavy (non-hydrogen) atoms. The SMILES string of the molecule is Cc1c[nH]c2c(=O)n(CC(=O)NC3CC(=O)O[C@@H]3OCc3ccccc3)cnc12. The number of fused-ring (bicyclic) bond motifs is 1. The van der Waals surface area contributed by atoms with Gasteiger partial charge in [-0.2, -0.15) is 0 Å². The lowest BCUT2D eigenvalue weighted by molar-refractivity contribution is -0.168. The Balaban J connectivity index is 1.41. The Morgan fingerprint density at radius 2 is 2.14 bits per heavy atom. The lowest BCUT2D eigenvalue weighted by Gasteiger charge is -2.19. The highest BCUT2D eigenvalue weighted by atomic mass is 16.7. The average Bonchev–Trinajstić information content (AvgIpc) is 3.25. The molecule has 1 unspecified atom stereocenters. The molecule has 1 saturated heterocycles. The molecule has 1 fully saturated rings. The van der Waals surface area contributed by atoms with Crippen LogP contribution in [-0.4, -0.2) is 38.7 Å². The molecule has 150 valence electrons. The van der Waals surface area contributed by atoms with Crippen LogP contribution in [0.25, 0.3) is 11.0 Å². The van der Waals surface area contributed by atoms with Crippen LogP contribution in [0.2, 0.25) is 0 Å². The van der Waals surface area contributed by atoms with Crippen molar-refractivity contribution in [2.24, 2.45) is 0 Å². The number of rotatable bonds is 6. The molecule has 1 aliphatic rings. The molecule has 0 radical (unpaired) electrons. The van der Waals surface area contributed by atoms with E-state index in [1.807, 2.05) is 37.3 Å². The normalized spacial score (nSPS) is 18.7. The molecule has 1 amide bonds. The predicted molar refractivity (Wildman–Crippen MR) is 103 cm³/mol. The molecule has 2 N–H and O–H groups in total. The molecule has 1 aromatic carbocycles. The van der Waals surface area contributed by atoms with E-state index in [0.717, 1.165) is 11.1 Å². The first-order valence-electron chi connectivity index (χ1n) is 9.19. The second kappa shape index (κ2) is 7.88. The highest BCUT2D eigenvalue weighted by molar-refractivity contribution is 5.80. The number of aromatic nitrogens is 3. The second-order valence-corrected chi connectivity index (χ2v) is 6.91. The van der Waals surface area contributed by atoms with Crippen molar-refractivity contribution in [3.63, 3.8) is 0 Å². The minimum absolute atomic E-state index is 0.00715. The minimum atomic E-state index is -0.880. The van der Waals surface area contributed by atoms with Gasteiger partial charge in [0.05, 0.1) is 24.9 Å². The van der Waals surface area contributed by atoms with E-state index in [1.165, 1.54) is 10.9 Å². The van der Waals surface area contributed by atoms with Crippen molar-refractivity contribution < 1.29 is 19.1 Å². The Morgan fingerprint density at radius 3 is 2.93 bits per heavy atom. The van der Waals surface area contributed by atoms with Gasteiger partial charge in [0.15, 0.2) is 0 Å². The molecule has 4 rings (SSSR count). The van der Waals surface area contributed by atoms with E-state index in [2.05, 4.69) is 15.3 Å². The summed E-state index contributed by atoms with van der Waals surface area (Å²) in [5.41, 5.74) is 2.37. The number of cyclic esters (lactones) is 1. The van der Waals surface area contributed by atoms with Crippen molar-refractivity contribution in [2.45, 2.75) is 38.8 Å². The Hall–Kier alpha value is -3.46. The third kappa shape index (κ3) is 4.04. The number of nitrogens with one attached hydrogen (secondary N) is 2. The molecule has 3 aromatic rings. The number of nitrogens with zero attached hydrogens (tertiary/aromatic N) is 2. The van der Waals surface area contributed by atoms with Crippen molar-refractivity contribution >= 4 is 22.9 Å². The third-order valence-electron chi connectivity index (χ3n) is 4.72. The first kappa shape index (κ1) is 18.9. The van der Waals surface area contributed by atoms with Gasteiger partial charge in [-0.25, -0.2) is 4.98 Å². The van der Waals surface area contributed by atoms with Crippen molar-refractivity contribution in [1.82, 2.24) is 19.9 Å². The Bertz CT molecular complexity index is 1110. The van der Waals surface area contributed by atoms with Crippen LogP contribution in [0.4, 0.5) is 0 Å². The smallest absolute Gasteiger partial charge is 0.310 e. The number of aryl methyl sites for hydroxylation is 1. The van der Waals surface area contributed by atoms with Gasteiger partial charge in [-0.3, -0.25) is 19.0 Å². The third-order valence-corrected chi connectivity index (χ3v) is 4.72. The summed E-state index contributed by atoms with van der Waals surface area (Å²) in [7, 11) is 0. The molecule has 0 bridgehead atoms. The standard InChI is InChI=1S/C20H20N4O5/c1-12-8-21-18-17(12)22-11-24(19(18)27)9-15(25)23-14-7-16(26)29-20(14)28-10-13-5-3-2-4-6-13/h2-6,8,11,14,20-21H,7,9-10H2,1H3,(H,23,25)/t14?,20-/m0/s1. The van der Waals surface area contributed by atoms with Crippen LogP contribution in [0, 0.1) is 6.92 Å². The van der Waals surface area contributed by atoms with Gasteiger partial charge in [0.1, 0.15) is 18.1 Å². The fraction of sp³-hybridized carbons (Fsp3) is 0.300. The number of amides is 1. The van der Waals surface area contributed by atoms with Crippen molar-refractivity contribution in [3.8, 4) is 0 Å². The van der Waals surface area contributed by atoms with Crippen LogP contribution in [0.3, 0.4) is 0 Å². The number of H-pyrrole nitrogens is 1. The summed E-state index contributed by atoms with van der Waals surface area (Å²) < 4.78 is 12.0. The molecule has 3 heterocycles. The molecule has 2 aromatic heterocycles.